The Morgan fingerprint density at radius 1 is 1.14 bits per heavy atom. The minimum Gasteiger partial charge on any atom is -0.492 e. The van der Waals surface area contributed by atoms with Gasteiger partial charge in [0, 0.05) is 17.7 Å². The second-order valence-corrected chi connectivity index (χ2v) is 7.28. The number of carboxylic acid groups (broad SMARTS) is 1. The van der Waals surface area contributed by atoms with Crippen LogP contribution in [0.25, 0.3) is 0 Å². The van der Waals surface area contributed by atoms with E-state index in [4.69, 9.17) is 4.84 Å². The summed E-state index contributed by atoms with van der Waals surface area (Å²) < 4.78 is 14.6. The highest BCUT2D eigenvalue weighted by Gasteiger charge is 2.35. The summed E-state index contributed by atoms with van der Waals surface area (Å²) in [6.45, 7) is 4.97. The smallest absolute Gasteiger partial charge is 0.408 e. The summed E-state index contributed by atoms with van der Waals surface area (Å²) in [6, 6.07) is 7.20. The number of hydrogen-bond donors (Lipinski definition) is 3. The number of rotatable bonds is 6. The molecule has 0 spiro atoms. The SMILES string of the molecule is CC(C)(C)N(C(=O)O)[C@@H](CC(=O)On1c(O)ccc1O)Cc1ccccc1F. The lowest BCUT2D eigenvalue weighted by atomic mass is 9.96. The van der Waals surface area contributed by atoms with Gasteiger partial charge in [-0.3, -0.25) is 4.90 Å². The molecular formula is C19H23FN2O6. The zero-order valence-electron chi connectivity index (χ0n) is 15.8. The molecule has 0 bridgehead atoms. The second kappa shape index (κ2) is 8.20. The molecule has 8 nitrogen and oxygen atoms in total. The maximum absolute atomic E-state index is 14.1. The van der Waals surface area contributed by atoms with Crippen molar-refractivity contribution in [2.75, 3.05) is 0 Å². The van der Waals surface area contributed by atoms with Crippen molar-refractivity contribution in [2.45, 2.75) is 45.2 Å². The Hall–Kier alpha value is -3.23. The fraction of sp³-hybridized carbons (Fsp3) is 0.368. The minimum absolute atomic E-state index is 0.0605. The van der Waals surface area contributed by atoms with Gasteiger partial charge < -0.3 is 20.2 Å². The summed E-state index contributed by atoms with van der Waals surface area (Å²) in [5.74, 6) is -2.41. The Bertz CT molecular complexity index is 839. The van der Waals surface area contributed by atoms with Gasteiger partial charge >= 0.3 is 12.1 Å². The summed E-state index contributed by atoms with van der Waals surface area (Å²) in [5, 5.41) is 28.8. The summed E-state index contributed by atoms with van der Waals surface area (Å²) in [4.78, 5) is 30.2. The van der Waals surface area contributed by atoms with E-state index < -0.39 is 47.6 Å². The van der Waals surface area contributed by atoms with Gasteiger partial charge in [0.1, 0.15) is 5.82 Å². The fourth-order valence-corrected chi connectivity index (χ4v) is 2.99. The predicted molar refractivity (Wildman–Crippen MR) is 97.5 cm³/mol. The van der Waals surface area contributed by atoms with Crippen LogP contribution in [0.3, 0.4) is 0 Å². The molecule has 2 aromatic rings. The number of nitrogens with zero attached hydrogens (tertiary/aromatic N) is 2. The zero-order valence-corrected chi connectivity index (χ0v) is 15.8. The largest absolute Gasteiger partial charge is 0.492 e. The summed E-state index contributed by atoms with van der Waals surface area (Å²) >= 11 is 0. The van der Waals surface area contributed by atoms with Crippen LogP contribution in [0.4, 0.5) is 9.18 Å². The van der Waals surface area contributed by atoms with Gasteiger partial charge in [-0.25, -0.2) is 14.0 Å². The Morgan fingerprint density at radius 2 is 1.71 bits per heavy atom. The van der Waals surface area contributed by atoms with Crippen molar-refractivity contribution < 1.29 is 34.1 Å². The number of hydrogen-bond acceptors (Lipinski definition) is 5. The van der Waals surface area contributed by atoms with Crippen LogP contribution >= 0.6 is 0 Å². The van der Waals surface area contributed by atoms with E-state index in [0.29, 0.717) is 4.73 Å². The van der Waals surface area contributed by atoms with Crippen LogP contribution in [0.1, 0.15) is 32.8 Å². The highest BCUT2D eigenvalue weighted by atomic mass is 19.1. The summed E-state index contributed by atoms with van der Waals surface area (Å²) in [5.41, 5.74) is -0.623. The predicted octanol–water partition coefficient (Wildman–Crippen LogP) is 2.77. The molecule has 28 heavy (non-hydrogen) atoms. The van der Waals surface area contributed by atoms with Gasteiger partial charge in [0.05, 0.1) is 12.5 Å². The minimum atomic E-state index is -1.27. The lowest BCUT2D eigenvalue weighted by Crippen LogP contribution is -2.53. The van der Waals surface area contributed by atoms with E-state index >= 15 is 0 Å². The van der Waals surface area contributed by atoms with Crippen molar-refractivity contribution in [3.8, 4) is 11.8 Å². The number of aromatic nitrogens is 1. The monoisotopic (exact) mass is 394 g/mol. The fourth-order valence-electron chi connectivity index (χ4n) is 2.99. The van der Waals surface area contributed by atoms with E-state index in [1.807, 2.05) is 0 Å². The molecule has 0 saturated carbocycles. The Morgan fingerprint density at radius 3 is 2.21 bits per heavy atom. The molecule has 1 amide bonds. The molecule has 0 unspecified atom stereocenters. The molecule has 3 N–H and O–H groups in total. The lowest BCUT2D eigenvalue weighted by Gasteiger charge is -2.39. The van der Waals surface area contributed by atoms with Crippen molar-refractivity contribution in [3.63, 3.8) is 0 Å². The molecule has 1 aromatic carbocycles. The molecule has 9 heteroatoms. The quantitative estimate of drug-likeness (QED) is 0.695. The first kappa shape index (κ1) is 21.1. The van der Waals surface area contributed by atoms with Gasteiger partial charge in [-0.2, -0.15) is 0 Å². The van der Waals surface area contributed by atoms with Crippen LogP contribution in [0.5, 0.6) is 11.8 Å². The standard InChI is InChI=1S/C19H23FN2O6/c1-19(2,3)21(18(26)27)13(10-12-6-4-5-7-14(12)20)11-17(25)28-22-15(23)8-9-16(22)24/h4-9,13,23-24H,10-11H2,1-3H3,(H,26,27)/t13-/m1/s1. The maximum atomic E-state index is 14.1. The first-order chi connectivity index (χ1) is 13.0. The van der Waals surface area contributed by atoms with Crippen molar-refractivity contribution in [1.82, 2.24) is 9.63 Å². The second-order valence-electron chi connectivity index (χ2n) is 7.28. The number of amides is 1. The van der Waals surface area contributed by atoms with Crippen LogP contribution in [0.15, 0.2) is 36.4 Å². The average Bonchev–Trinajstić information content (AvgIpc) is 2.87. The Kier molecular flexibility index (Phi) is 6.17. The van der Waals surface area contributed by atoms with Crippen molar-refractivity contribution in [1.29, 1.82) is 0 Å². The third kappa shape index (κ3) is 4.93. The van der Waals surface area contributed by atoms with Gasteiger partial charge in [0.15, 0.2) is 0 Å². The first-order valence-electron chi connectivity index (χ1n) is 8.57. The Labute approximate surface area is 161 Å². The van der Waals surface area contributed by atoms with E-state index in [-0.39, 0.29) is 12.0 Å². The number of benzene rings is 1. The molecule has 0 fully saturated rings. The van der Waals surface area contributed by atoms with E-state index in [1.165, 1.54) is 18.2 Å². The Balaban J connectivity index is 2.30. The molecule has 1 heterocycles. The van der Waals surface area contributed by atoms with Crippen LogP contribution in [-0.4, -0.2) is 48.6 Å². The van der Waals surface area contributed by atoms with E-state index in [2.05, 4.69) is 0 Å². The van der Waals surface area contributed by atoms with Crippen LogP contribution in [0.2, 0.25) is 0 Å². The molecule has 2 rings (SSSR count). The van der Waals surface area contributed by atoms with Crippen molar-refractivity contribution >= 4 is 12.1 Å². The lowest BCUT2D eigenvalue weighted by molar-refractivity contribution is -0.147. The molecule has 0 aliphatic rings. The molecule has 1 aromatic heterocycles. The van der Waals surface area contributed by atoms with Gasteiger partial charge in [-0.1, -0.05) is 18.2 Å². The van der Waals surface area contributed by atoms with E-state index in [1.54, 1.807) is 26.8 Å². The maximum Gasteiger partial charge on any atom is 0.408 e. The zero-order chi connectivity index (χ0) is 21.1. The third-order valence-electron chi connectivity index (χ3n) is 4.10. The van der Waals surface area contributed by atoms with Crippen molar-refractivity contribution in [2.24, 2.45) is 0 Å². The van der Waals surface area contributed by atoms with Crippen LogP contribution < -0.4 is 4.84 Å². The van der Waals surface area contributed by atoms with Crippen molar-refractivity contribution in [3.05, 3.63) is 47.8 Å². The first-order valence-corrected chi connectivity index (χ1v) is 8.57. The third-order valence-corrected chi connectivity index (χ3v) is 4.10. The molecular weight excluding hydrogens is 371 g/mol. The number of halogens is 1. The van der Waals surface area contributed by atoms with Gasteiger partial charge in [-0.05, 0) is 38.8 Å². The molecule has 0 radical (unpaired) electrons. The number of carbonyl (C=O) groups is 2. The average molecular weight is 394 g/mol. The normalized spacial score (nSPS) is 12.4. The van der Waals surface area contributed by atoms with Crippen LogP contribution in [-0.2, 0) is 11.2 Å². The van der Waals surface area contributed by atoms with Gasteiger partial charge in [0.2, 0.25) is 11.8 Å². The van der Waals surface area contributed by atoms with E-state index in [9.17, 15) is 29.3 Å². The van der Waals surface area contributed by atoms with Gasteiger partial charge in [0.25, 0.3) is 0 Å². The molecule has 1 atom stereocenters. The van der Waals surface area contributed by atoms with Gasteiger partial charge in [-0.15, -0.1) is 4.73 Å². The number of carbonyl (C=O) groups excluding carboxylic acids is 1. The summed E-state index contributed by atoms with van der Waals surface area (Å²) in [7, 11) is 0. The molecule has 152 valence electrons. The summed E-state index contributed by atoms with van der Waals surface area (Å²) in [6.07, 6.45) is -1.75. The molecule has 0 aliphatic heterocycles. The highest BCUT2D eigenvalue weighted by Crippen LogP contribution is 2.24. The number of aromatic hydroxyl groups is 2. The van der Waals surface area contributed by atoms with E-state index in [0.717, 1.165) is 17.0 Å². The molecule has 0 saturated heterocycles. The topological polar surface area (TPSA) is 112 Å². The molecule has 0 aliphatic carbocycles. The highest BCUT2D eigenvalue weighted by molar-refractivity contribution is 5.73. The van der Waals surface area contributed by atoms with Crippen LogP contribution in [0, 0.1) is 5.82 Å².